The second kappa shape index (κ2) is 6.16. The normalized spacial score (nSPS) is 12.4. The number of hydrogen-bond acceptors (Lipinski definition) is 1. The molecule has 4 aromatic rings. The SMILES string of the molecule is OC(c1c[nH]cc1-c1ccc(Cl)cc1)c1cccc2ccccc12. The summed E-state index contributed by atoms with van der Waals surface area (Å²) in [7, 11) is 0. The number of aromatic nitrogens is 1. The quantitative estimate of drug-likeness (QED) is 0.505. The Balaban J connectivity index is 1.82. The van der Waals surface area contributed by atoms with Crippen LogP contribution in [0.15, 0.2) is 79.1 Å². The fourth-order valence-electron chi connectivity index (χ4n) is 3.14. The number of aliphatic hydroxyl groups is 1. The van der Waals surface area contributed by atoms with Gasteiger partial charge in [0.15, 0.2) is 0 Å². The van der Waals surface area contributed by atoms with Crippen LogP contribution in [0.1, 0.15) is 17.2 Å². The van der Waals surface area contributed by atoms with E-state index in [9.17, 15) is 5.11 Å². The molecule has 24 heavy (non-hydrogen) atoms. The van der Waals surface area contributed by atoms with E-state index in [0.717, 1.165) is 33.0 Å². The zero-order valence-electron chi connectivity index (χ0n) is 12.9. The van der Waals surface area contributed by atoms with Gasteiger partial charge in [-0.15, -0.1) is 0 Å². The van der Waals surface area contributed by atoms with E-state index in [-0.39, 0.29) is 0 Å². The van der Waals surface area contributed by atoms with E-state index in [0.29, 0.717) is 5.02 Å². The molecular weight excluding hydrogens is 318 g/mol. The lowest BCUT2D eigenvalue weighted by Crippen LogP contribution is -2.01. The predicted octanol–water partition coefficient (Wildman–Crippen LogP) is 5.57. The van der Waals surface area contributed by atoms with Gasteiger partial charge in [-0.1, -0.05) is 66.2 Å². The molecule has 3 aromatic carbocycles. The van der Waals surface area contributed by atoms with Gasteiger partial charge < -0.3 is 10.1 Å². The van der Waals surface area contributed by atoms with E-state index in [1.165, 1.54) is 0 Å². The molecule has 0 aliphatic carbocycles. The first kappa shape index (κ1) is 15.0. The van der Waals surface area contributed by atoms with Crippen LogP contribution in [0.3, 0.4) is 0 Å². The maximum atomic E-state index is 11.0. The Hall–Kier alpha value is -2.55. The molecule has 0 spiro atoms. The molecule has 1 aromatic heterocycles. The van der Waals surface area contributed by atoms with Crippen LogP contribution in [-0.4, -0.2) is 10.1 Å². The third-order valence-corrected chi connectivity index (χ3v) is 4.60. The van der Waals surface area contributed by atoms with Gasteiger partial charge >= 0.3 is 0 Å². The van der Waals surface area contributed by atoms with Crippen LogP contribution in [-0.2, 0) is 0 Å². The first-order valence-corrected chi connectivity index (χ1v) is 8.20. The van der Waals surface area contributed by atoms with Crippen LogP contribution >= 0.6 is 11.6 Å². The number of aliphatic hydroxyl groups excluding tert-OH is 1. The number of hydrogen-bond donors (Lipinski definition) is 2. The van der Waals surface area contributed by atoms with Crippen molar-refractivity contribution in [2.75, 3.05) is 0 Å². The highest BCUT2D eigenvalue weighted by Gasteiger charge is 2.18. The summed E-state index contributed by atoms with van der Waals surface area (Å²) < 4.78 is 0. The Bertz CT molecular complexity index is 983. The molecule has 1 heterocycles. The molecule has 0 radical (unpaired) electrons. The molecule has 0 saturated carbocycles. The predicted molar refractivity (Wildman–Crippen MR) is 99.2 cm³/mol. The number of H-pyrrole nitrogens is 1. The average molecular weight is 334 g/mol. The molecule has 1 unspecified atom stereocenters. The van der Waals surface area contributed by atoms with Crippen LogP contribution in [0.2, 0.25) is 5.02 Å². The molecule has 1 atom stereocenters. The maximum absolute atomic E-state index is 11.0. The van der Waals surface area contributed by atoms with Gasteiger partial charge in [-0.3, -0.25) is 0 Å². The van der Waals surface area contributed by atoms with Gasteiger partial charge in [0.1, 0.15) is 6.10 Å². The molecule has 2 nitrogen and oxygen atoms in total. The summed E-state index contributed by atoms with van der Waals surface area (Å²) in [4.78, 5) is 3.12. The fraction of sp³-hybridized carbons (Fsp3) is 0.0476. The summed E-state index contributed by atoms with van der Waals surface area (Å²) in [6.07, 6.45) is 3.07. The monoisotopic (exact) mass is 333 g/mol. The minimum atomic E-state index is -0.701. The Morgan fingerprint density at radius 2 is 1.54 bits per heavy atom. The first-order chi connectivity index (χ1) is 11.7. The van der Waals surface area contributed by atoms with E-state index in [4.69, 9.17) is 11.6 Å². The number of benzene rings is 3. The molecule has 118 valence electrons. The standard InChI is InChI=1S/C21H16ClNO/c22-16-10-8-15(9-11-16)19-12-23-13-20(19)21(24)18-7-3-5-14-4-1-2-6-17(14)18/h1-13,21,23-24H. The average Bonchev–Trinajstić information content (AvgIpc) is 3.11. The minimum Gasteiger partial charge on any atom is -0.384 e. The van der Waals surface area contributed by atoms with Crippen molar-refractivity contribution in [3.05, 3.63) is 95.3 Å². The van der Waals surface area contributed by atoms with Crippen molar-refractivity contribution in [1.82, 2.24) is 4.98 Å². The van der Waals surface area contributed by atoms with Crippen LogP contribution < -0.4 is 0 Å². The summed E-state index contributed by atoms with van der Waals surface area (Å²) in [5, 5.41) is 13.9. The van der Waals surface area contributed by atoms with E-state index >= 15 is 0 Å². The molecular formula is C21H16ClNO. The number of aromatic amines is 1. The lowest BCUT2D eigenvalue weighted by Gasteiger charge is -2.15. The summed E-state index contributed by atoms with van der Waals surface area (Å²) in [6, 6.07) is 21.8. The highest BCUT2D eigenvalue weighted by molar-refractivity contribution is 6.30. The second-order valence-electron chi connectivity index (χ2n) is 5.80. The number of fused-ring (bicyclic) bond motifs is 1. The van der Waals surface area contributed by atoms with Crippen molar-refractivity contribution >= 4 is 22.4 Å². The van der Waals surface area contributed by atoms with E-state index in [2.05, 4.69) is 17.1 Å². The second-order valence-corrected chi connectivity index (χ2v) is 6.24. The van der Waals surface area contributed by atoms with E-state index in [1.807, 2.05) is 67.0 Å². The highest BCUT2D eigenvalue weighted by atomic mass is 35.5. The van der Waals surface area contributed by atoms with E-state index in [1.54, 1.807) is 0 Å². The Kier molecular flexibility index (Phi) is 3.85. The van der Waals surface area contributed by atoms with Crippen LogP contribution in [0.25, 0.3) is 21.9 Å². The van der Waals surface area contributed by atoms with Crippen molar-refractivity contribution in [3.8, 4) is 11.1 Å². The van der Waals surface area contributed by atoms with Gasteiger partial charge in [0.25, 0.3) is 0 Å². The molecule has 0 bridgehead atoms. The van der Waals surface area contributed by atoms with Gasteiger partial charge in [-0.05, 0) is 34.0 Å². The maximum Gasteiger partial charge on any atom is 0.107 e. The van der Waals surface area contributed by atoms with Gasteiger partial charge in [-0.2, -0.15) is 0 Å². The smallest absolute Gasteiger partial charge is 0.107 e. The molecule has 4 rings (SSSR count). The lowest BCUT2D eigenvalue weighted by molar-refractivity contribution is 0.222. The van der Waals surface area contributed by atoms with Crippen molar-refractivity contribution in [3.63, 3.8) is 0 Å². The van der Waals surface area contributed by atoms with Gasteiger partial charge in [0, 0.05) is 28.5 Å². The zero-order valence-corrected chi connectivity index (χ0v) is 13.7. The number of rotatable bonds is 3. The third kappa shape index (κ3) is 2.60. The molecule has 0 amide bonds. The first-order valence-electron chi connectivity index (χ1n) is 7.82. The number of halogens is 1. The van der Waals surface area contributed by atoms with Crippen molar-refractivity contribution in [2.45, 2.75) is 6.10 Å². The Morgan fingerprint density at radius 3 is 2.38 bits per heavy atom. The van der Waals surface area contributed by atoms with Crippen molar-refractivity contribution < 1.29 is 5.11 Å². The number of nitrogens with one attached hydrogen (secondary N) is 1. The molecule has 0 aliphatic heterocycles. The highest BCUT2D eigenvalue weighted by Crippen LogP contribution is 2.35. The summed E-state index contributed by atoms with van der Waals surface area (Å²) >= 11 is 5.98. The molecule has 0 aliphatic rings. The van der Waals surface area contributed by atoms with Gasteiger partial charge in [-0.25, -0.2) is 0 Å². The van der Waals surface area contributed by atoms with Crippen molar-refractivity contribution in [1.29, 1.82) is 0 Å². The minimum absolute atomic E-state index is 0.699. The molecule has 3 heteroatoms. The fourth-order valence-corrected chi connectivity index (χ4v) is 3.26. The lowest BCUT2D eigenvalue weighted by atomic mass is 9.93. The van der Waals surface area contributed by atoms with Crippen LogP contribution in [0.4, 0.5) is 0 Å². The van der Waals surface area contributed by atoms with Crippen molar-refractivity contribution in [2.24, 2.45) is 0 Å². The van der Waals surface area contributed by atoms with Crippen LogP contribution in [0.5, 0.6) is 0 Å². The molecule has 0 fully saturated rings. The summed E-state index contributed by atoms with van der Waals surface area (Å²) in [5.74, 6) is 0. The molecule has 2 N–H and O–H groups in total. The van der Waals surface area contributed by atoms with Crippen LogP contribution in [0, 0.1) is 0 Å². The Morgan fingerprint density at radius 1 is 0.792 bits per heavy atom. The van der Waals surface area contributed by atoms with Gasteiger partial charge in [0.05, 0.1) is 0 Å². The van der Waals surface area contributed by atoms with Gasteiger partial charge in [0.2, 0.25) is 0 Å². The van der Waals surface area contributed by atoms with E-state index < -0.39 is 6.10 Å². The third-order valence-electron chi connectivity index (χ3n) is 4.35. The largest absolute Gasteiger partial charge is 0.384 e. The Labute approximate surface area is 145 Å². The summed E-state index contributed by atoms with van der Waals surface area (Å²) in [5.41, 5.74) is 3.76. The molecule has 0 saturated heterocycles. The summed E-state index contributed by atoms with van der Waals surface area (Å²) in [6.45, 7) is 0. The topological polar surface area (TPSA) is 36.0 Å². The zero-order chi connectivity index (χ0) is 16.5.